The van der Waals surface area contributed by atoms with E-state index < -0.39 is 0 Å². The van der Waals surface area contributed by atoms with E-state index in [0.717, 1.165) is 75.2 Å². The quantitative estimate of drug-likeness (QED) is 0.119. The molecule has 0 saturated heterocycles. The summed E-state index contributed by atoms with van der Waals surface area (Å²) >= 11 is 3.36. The number of hydrogen-bond acceptors (Lipinski definition) is 14. The van der Waals surface area contributed by atoms with E-state index in [1.165, 1.54) is 22.3 Å². The molecule has 10 aromatic rings. The van der Waals surface area contributed by atoms with Crippen LogP contribution in [0.3, 0.4) is 0 Å². The maximum atomic E-state index is 5.35. The Balaban J connectivity index is 0.000000136. The van der Waals surface area contributed by atoms with Crippen LogP contribution in [0.1, 0.15) is 39.1 Å². The highest BCUT2D eigenvalue weighted by atomic mass is 79.9. The van der Waals surface area contributed by atoms with Gasteiger partial charge in [0, 0.05) is 72.9 Å². The fraction of sp³-hybridized carbons (Fsp3) is 0.115. The minimum atomic E-state index is 0.513. The van der Waals surface area contributed by atoms with E-state index in [1.807, 2.05) is 60.7 Å². The number of H-pyrrole nitrogens is 2. The molecule has 336 valence electrons. The average Bonchev–Trinajstić information content (AvgIpc) is 4.24. The lowest BCUT2D eigenvalue weighted by Gasteiger charge is -2.15. The number of nitrogens with one attached hydrogen (secondary N) is 2. The molecule has 69 heavy (non-hydrogen) atoms. The Bertz CT molecular complexity index is 3600. The number of ether oxygens (including phenoxy) is 2. The van der Waals surface area contributed by atoms with Crippen molar-refractivity contribution in [3.05, 3.63) is 178 Å². The van der Waals surface area contributed by atoms with Gasteiger partial charge in [0.05, 0.1) is 37.6 Å². The summed E-state index contributed by atoms with van der Waals surface area (Å²) in [4.78, 5) is 40.2. The van der Waals surface area contributed by atoms with Gasteiger partial charge in [0.2, 0.25) is 11.9 Å². The maximum Gasteiger partial charge on any atom is 0.226 e. The zero-order valence-electron chi connectivity index (χ0n) is 37.2. The van der Waals surface area contributed by atoms with Gasteiger partial charge in [0.15, 0.2) is 11.6 Å². The Labute approximate surface area is 404 Å². The largest absolute Gasteiger partial charge is 0.497 e. The summed E-state index contributed by atoms with van der Waals surface area (Å²) < 4.78 is 11.4. The molecule has 0 amide bonds. The first-order valence-electron chi connectivity index (χ1n) is 21.5. The van der Waals surface area contributed by atoms with Crippen molar-refractivity contribution in [1.82, 2.24) is 60.3 Å². The Hall–Kier alpha value is -9.06. The van der Waals surface area contributed by atoms with Gasteiger partial charge < -0.3 is 19.3 Å². The van der Waals surface area contributed by atoms with Gasteiger partial charge in [-0.2, -0.15) is 10.2 Å². The van der Waals surface area contributed by atoms with Crippen LogP contribution in [-0.2, 0) is 26.2 Å². The molecule has 2 aliphatic rings. The number of benzene rings is 4. The van der Waals surface area contributed by atoms with E-state index in [-0.39, 0.29) is 0 Å². The van der Waals surface area contributed by atoms with Crippen LogP contribution in [0.2, 0.25) is 0 Å². The summed E-state index contributed by atoms with van der Waals surface area (Å²) in [6.45, 7) is 3.01. The lowest BCUT2D eigenvalue weighted by molar-refractivity contribution is 0.414. The standard InChI is InChI=1S/C26H19N7O.C17H14BrN5O.C9H6N2/c1-34-22-6-4-18-15-33(16-20(18)13-22)26-28-11-9-24(31-26)25-27-10-8-21(30-25)5-2-17-3-7-23-19(12-17)14-29-32-23;1-24-13-3-2-11-9-23(10-12(11)8-13)17-20-6-4-14(21-17)16-19-7-5-15(18)22-16;1-2-7-3-4-9-8(5-7)6-10-11-9/h3-4,6-14H,15-16H2,1H3,(H,29,32);2-8H,9-10H2,1H3;1,3-6H,(H,10,11). The molecule has 0 spiro atoms. The van der Waals surface area contributed by atoms with Crippen LogP contribution < -0.4 is 19.3 Å². The predicted octanol–water partition coefficient (Wildman–Crippen LogP) is 8.51. The van der Waals surface area contributed by atoms with Crippen molar-refractivity contribution in [3.8, 4) is 58.7 Å². The highest BCUT2D eigenvalue weighted by Crippen LogP contribution is 2.31. The third-order valence-electron chi connectivity index (χ3n) is 11.2. The van der Waals surface area contributed by atoms with Gasteiger partial charge >= 0.3 is 0 Å². The van der Waals surface area contributed by atoms with Gasteiger partial charge in [-0.05, 0) is 129 Å². The van der Waals surface area contributed by atoms with E-state index in [4.69, 9.17) is 20.9 Å². The Morgan fingerprint density at radius 1 is 0.536 bits per heavy atom. The van der Waals surface area contributed by atoms with Gasteiger partial charge in [-0.3, -0.25) is 10.2 Å². The van der Waals surface area contributed by atoms with E-state index >= 15 is 0 Å². The summed E-state index contributed by atoms with van der Waals surface area (Å²) in [5.41, 5.74) is 10.7. The van der Waals surface area contributed by atoms with E-state index in [9.17, 15) is 0 Å². The molecular weight excluding hydrogens is 933 g/mol. The summed E-state index contributed by atoms with van der Waals surface area (Å²) in [5, 5.41) is 15.8. The molecule has 0 saturated carbocycles. The number of halogens is 1. The molecule has 2 aliphatic heterocycles. The van der Waals surface area contributed by atoms with E-state index in [1.54, 1.807) is 63.5 Å². The molecule has 0 bridgehead atoms. The third-order valence-corrected chi connectivity index (χ3v) is 11.7. The number of methoxy groups -OCH3 is 2. The van der Waals surface area contributed by atoms with Crippen molar-refractivity contribution in [3.63, 3.8) is 0 Å². The second-order valence-electron chi connectivity index (χ2n) is 15.7. The minimum Gasteiger partial charge on any atom is -0.497 e. The Morgan fingerprint density at radius 2 is 1.06 bits per heavy atom. The van der Waals surface area contributed by atoms with Crippen molar-refractivity contribution in [2.75, 3.05) is 24.0 Å². The molecule has 4 aromatic carbocycles. The summed E-state index contributed by atoms with van der Waals surface area (Å²) in [6, 6.07) is 31.1. The number of terminal acetylenes is 1. The van der Waals surface area contributed by atoms with Crippen LogP contribution >= 0.6 is 15.9 Å². The Morgan fingerprint density at radius 3 is 1.62 bits per heavy atom. The molecule has 6 aromatic heterocycles. The van der Waals surface area contributed by atoms with E-state index in [0.29, 0.717) is 40.6 Å². The van der Waals surface area contributed by atoms with Crippen LogP contribution in [0.15, 0.2) is 139 Å². The number of rotatable bonds is 6. The number of hydrogen-bond donors (Lipinski definition) is 2. The summed E-state index contributed by atoms with van der Waals surface area (Å²) in [7, 11) is 3.36. The first-order valence-corrected chi connectivity index (χ1v) is 22.3. The smallest absolute Gasteiger partial charge is 0.226 e. The van der Waals surface area contributed by atoms with Crippen LogP contribution in [0.4, 0.5) is 11.9 Å². The Kier molecular flexibility index (Phi) is 12.6. The number of anilines is 2. The molecule has 16 nitrogen and oxygen atoms in total. The van der Waals surface area contributed by atoms with Gasteiger partial charge in [-0.25, -0.2) is 39.9 Å². The van der Waals surface area contributed by atoms with E-state index in [2.05, 4.69) is 123 Å². The minimum absolute atomic E-state index is 0.513. The van der Waals surface area contributed by atoms with Gasteiger partial charge in [0.1, 0.15) is 33.2 Å². The number of aromatic amines is 2. The number of nitrogens with zero attached hydrogens (tertiary/aromatic N) is 12. The van der Waals surface area contributed by atoms with Crippen LogP contribution in [0.25, 0.3) is 44.8 Å². The van der Waals surface area contributed by atoms with Crippen LogP contribution in [0.5, 0.6) is 11.5 Å². The fourth-order valence-corrected chi connectivity index (χ4v) is 8.02. The van der Waals surface area contributed by atoms with Gasteiger partial charge in [-0.15, -0.1) is 6.42 Å². The van der Waals surface area contributed by atoms with Crippen molar-refractivity contribution in [2.45, 2.75) is 26.2 Å². The summed E-state index contributed by atoms with van der Waals surface area (Å²) in [5.74, 6) is 13.0. The molecule has 0 radical (unpaired) electrons. The molecule has 0 atom stereocenters. The van der Waals surface area contributed by atoms with Crippen molar-refractivity contribution in [1.29, 1.82) is 0 Å². The normalized spacial score (nSPS) is 12.1. The van der Waals surface area contributed by atoms with Gasteiger partial charge in [-0.1, -0.05) is 24.0 Å². The summed E-state index contributed by atoms with van der Waals surface area (Å²) in [6.07, 6.45) is 15.7. The highest BCUT2D eigenvalue weighted by Gasteiger charge is 2.24. The zero-order valence-corrected chi connectivity index (χ0v) is 38.8. The van der Waals surface area contributed by atoms with Crippen LogP contribution in [0, 0.1) is 24.2 Å². The highest BCUT2D eigenvalue weighted by molar-refractivity contribution is 9.10. The molecule has 2 N–H and O–H groups in total. The first-order chi connectivity index (χ1) is 33.9. The molecule has 17 heteroatoms. The van der Waals surface area contributed by atoms with Crippen molar-refractivity contribution >= 4 is 49.6 Å². The van der Waals surface area contributed by atoms with Crippen molar-refractivity contribution < 1.29 is 9.47 Å². The third kappa shape index (κ3) is 10.0. The number of aromatic nitrogens is 12. The molecule has 0 aliphatic carbocycles. The van der Waals surface area contributed by atoms with Gasteiger partial charge in [0.25, 0.3) is 0 Å². The molecule has 8 heterocycles. The zero-order chi connectivity index (χ0) is 47.1. The fourth-order valence-electron chi connectivity index (χ4n) is 7.73. The second kappa shape index (κ2) is 19.8. The second-order valence-corrected chi connectivity index (χ2v) is 16.5. The maximum absolute atomic E-state index is 5.35. The molecule has 12 rings (SSSR count). The van der Waals surface area contributed by atoms with Crippen molar-refractivity contribution in [2.24, 2.45) is 0 Å². The average molecular weight is 972 g/mol. The molecular formula is C52H39BrN14O2. The monoisotopic (exact) mass is 970 g/mol. The predicted molar refractivity (Wildman–Crippen MR) is 266 cm³/mol. The van der Waals surface area contributed by atoms with Crippen LogP contribution in [-0.4, -0.2) is 74.5 Å². The first kappa shape index (κ1) is 43.8. The lowest BCUT2D eigenvalue weighted by atomic mass is 10.1. The molecule has 0 fully saturated rings. The number of fused-ring (bicyclic) bond motifs is 4. The molecule has 0 unspecified atom stereocenters. The SMILES string of the molecule is C#Cc1ccc2[nH]ncc2c1.COc1ccc2c(c1)CN(c1nccc(-c3nccc(Br)n3)n1)C2.COc1ccc2c(c1)CN(c1nccc(-c3nccc(C#Cc4ccc5[nH]ncc5c4)n3)n1)C2. The lowest BCUT2D eigenvalue weighted by Crippen LogP contribution is -2.17. The topological polar surface area (TPSA) is 185 Å².